The Balaban J connectivity index is 1.59. The monoisotopic (exact) mass is 500 g/mol. The van der Waals surface area contributed by atoms with Gasteiger partial charge in [0, 0.05) is 11.4 Å². The molecule has 192 valence electrons. The largest absolute Gasteiger partial charge is 0.497 e. The molecule has 2 aliphatic heterocycles. The van der Waals surface area contributed by atoms with Gasteiger partial charge in [-0.25, -0.2) is 0 Å². The summed E-state index contributed by atoms with van der Waals surface area (Å²) in [5.74, 6) is 0.883. The summed E-state index contributed by atoms with van der Waals surface area (Å²) in [6.45, 7) is 4.34. The lowest BCUT2D eigenvalue weighted by Gasteiger charge is -2.29. The minimum atomic E-state index is -0.817. The van der Waals surface area contributed by atoms with Gasteiger partial charge in [0.1, 0.15) is 11.5 Å². The van der Waals surface area contributed by atoms with E-state index in [4.69, 9.17) is 14.2 Å². The van der Waals surface area contributed by atoms with Crippen molar-refractivity contribution in [3.63, 3.8) is 0 Å². The molecule has 3 aromatic carbocycles. The highest BCUT2D eigenvalue weighted by molar-refractivity contribution is 6.09. The molecule has 0 saturated carbocycles. The molecule has 3 aromatic rings. The second-order valence-electron chi connectivity index (χ2n) is 9.78. The van der Waals surface area contributed by atoms with Gasteiger partial charge in [-0.2, -0.15) is 0 Å². The Bertz CT molecular complexity index is 1200. The highest BCUT2D eigenvalue weighted by atomic mass is 16.5. The van der Waals surface area contributed by atoms with Gasteiger partial charge in [0.05, 0.1) is 38.8 Å². The minimum absolute atomic E-state index is 0.00510. The van der Waals surface area contributed by atoms with Gasteiger partial charge in [0.25, 0.3) is 5.91 Å². The van der Waals surface area contributed by atoms with Crippen molar-refractivity contribution in [2.45, 2.75) is 38.6 Å². The number of fused-ring (bicyclic) bond motifs is 1. The summed E-state index contributed by atoms with van der Waals surface area (Å²) in [6.07, 6.45) is -0.817. The number of carbonyl (C=O) groups excluding carboxylic acids is 2. The molecular weight excluding hydrogens is 468 g/mol. The van der Waals surface area contributed by atoms with Crippen LogP contribution in [0.15, 0.2) is 78.9 Å². The zero-order chi connectivity index (χ0) is 26.1. The van der Waals surface area contributed by atoms with Crippen LogP contribution in [0.5, 0.6) is 11.5 Å². The van der Waals surface area contributed by atoms with Crippen LogP contribution in [0.2, 0.25) is 0 Å². The summed E-state index contributed by atoms with van der Waals surface area (Å²) in [7, 11) is 3.22. The molecule has 7 nitrogen and oxygen atoms in total. The summed E-state index contributed by atoms with van der Waals surface area (Å²) in [5, 5.41) is 0. The summed E-state index contributed by atoms with van der Waals surface area (Å²) in [6, 6.07) is 23.7. The van der Waals surface area contributed by atoms with E-state index in [0.29, 0.717) is 11.5 Å². The molecule has 4 atom stereocenters. The number of carbonyl (C=O) groups is 2. The number of methoxy groups -OCH3 is 2. The third kappa shape index (κ3) is 4.44. The maximum atomic E-state index is 14.1. The van der Waals surface area contributed by atoms with Crippen molar-refractivity contribution >= 4 is 23.2 Å². The van der Waals surface area contributed by atoms with Gasteiger partial charge in [-0.1, -0.05) is 44.2 Å². The quantitative estimate of drug-likeness (QED) is 0.449. The SMILES string of the molecule is COc1ccc(N2C(=O)[C@H](OCc3ccccc3)[C@@H]3[C@H]2[C@@H](C(C)C)C(=O)N3c2ccc(OC)cc2)cc1. The van der Waals surface area contributed by atoms with E-state index in [-0.39, 0.29) is 36.3 Å². The molecule has 5 rings (SSSR count). The summed E-state index contributed by atoms with van der Waals surface area (Å²) >= 11 is 0. The van der Waals surface area contributed by atoms with E-state index in [9.17, 15) is 9.59 Å². The molecule has 0 radical (unpaired) electrons. The molecule has 0 aliphatic carbocycles. The van der Waals surface area contributed by atoms with E-state index in [1.54, 1.807) is 24.0 Å². The third-order valence-corrected chi connectivity index (χ3v) is 7.32. The number of anilines is 2. The maximum Gasteiger partial charge on any atom is 0.258 e. The molecular formula is C30H32N2O5. The Morgan fingerprint density at radius 1 is 0.703 bits per heavy atom. The number of amides is 2. The first-order valence-corrected chi connectivity index (χ1v) is 12.5. The Hall–Kier alpha value is -3.84. The van der Waals surface area contributed by atoms with Crippen LogP contribution in [0.1, 0.15) is 19.4 Å². The van der Waals surface area contributed by atoms with Crippen LogP contribution in [0.4, 0.5) is 11.4 Å². The highest BCUT2D eigenvalue weighted by Gasteiger charge is 2.63. The van der Waals surface area contributed by atoms with Crippen LogP contribution in [0, 0.1) is 11.8 Å². The van der Waals surface area contributed by atoms with Crippen LogP contribution in [0.3, 0.4) is 0 Å². The van der Waals surface area contributed by atoms with Crippen molar-refractivity contribution in [1.82, 2.24) is 0 Å². The van der Waals surface area contributed by atoms with Crippen LogP contribution in [0.25, 0.3) is 0 Å². The molecule has 0 N–H and O–H groups in total. The van der Waals surface area contributed by atoms with E-state index in [1.807, 2.05) is 92.7 Å². The van der Waals surface area contributed by atoms with E-state index in [0.717, 1.165) is 16.9 Å². The molecule has 2 aliphatic rings. The topological polar surface area (TPSA) is 68.3 Å². The molecule has 2 fully saturated rings. The molecule has 0 unspecified atom stereocenters. The van der Waals surface area contributed by atoms with Gasteiger partial charge >= 0.3 is 0 Å². The number of ether oxygens (including phenoxy) is 3. The normalized spacial score (nSPS) is 23.1. The first-order chi connectivity index (χ1) is 17.9. The first kappa shape index (κ1) is 24.8. The van der Waals surface area contributed by atoms with Gasteiger partial charge in [-0.05, 0) is 60.0 Å². The second kappa shape index (κ2) is 10.3. The molecule has 0 aromatic heterocycles. The Morgan fingerprint density at radius 3 is 1.70 bits per heavy atom. The van der Waals surface area contributed by atoms with E-state index >= 15 is 0 Å². The third-order valence-electron chi connectivity index (χ3n) is 7.32. The molecule has 37 heavy (non-hydrogen) atoms. The van der Waals surface area contributed by atoms with E-state index < -0.39 is 12.1 Å². The molecule has 2 heterocycles. The maximum absolute atomic E-state index is 14.1. The van der Waals surface area contributed by atoms with Crippen LogP contribution in [-0.4, -0.2) is 44.2 Å². The van der Waals surface area contributed by atoms with E-state index in [2.05, 4.69) is 0 Å². The van der Waals surface area contributed by atoms with Crippen LogP contribution < -0.4 is 19.3 Å². The fourth-order valence-electron chi connectivity index (χ4n) is 5.57. The highest BCUT2D eigenvalue weighted by Crippen LogP contribution is 2.46. The zero-order valence-corrected chi connectivity index (χ0v) is 21.5. The van der Waals surface area contributed by atoms with Crippen molar-refractivity contribution < 1.29 is 23.8 Å². The number of benzene rings is 3. The fourth-order valence-corrected chi connectivity index (χ4v) is 5.57. The standard InChI is InChI=1S/C30H32N2O5/c1-19(2)25-26-27(32(29(25)33)22-12-16-24(36-4)17-13-22)28(37-18-20-8-6-5-7-9-20)30(34)31(26)21-10-14-23(35-3)15-11-21/h5-17,19,25-28H,18H2,1-4H3/t25-,26-,27+,28-/m1/s1. The number of nitrogens with zero attached hydrogens (tertiary/aromatic N) is 2. The first-order valence-electron chi connectivity index (χ1n) is 12.5. The lowest BCUT2D eigenvalue weighted by Crippen LogP contribution is -2.44. The molecule has 0 spiro atoms. The summed E-state index contributed by atoms with van der Waals surface area (Å²) < 4.78 is 17.0. The van der Waals surface area contributed by atoms with Gasteiger partial charge < -0.3 is 24.0 Å². The lowest BCUT2D eigenvalue weighted by atomic mass is 9.88. The zero-order valence-electron chi connectivity index (χ0n) is 21.5. The smallest absolute Gasteiger partial charge is 0.258 e. The van der Waals surface area contributed by atoms with Gasteiger partial charge in [-0.3, -0.25) is 9.59 Å². The fraction of sp³-hybridized carbons (Fsp3) is 0.333. The minimum Gasteiger partial charge on any atom is -0.497 e. The lowest BCUT2D eigenvalue weighted by molar-refractivity contribution is -0.129. The van der Waals surface area contributed by atoms with Crippen molar-refractivity contribution in [3.05, 3.63) is 84.4 Å². The summed E-state index contributed by atoms with van der Waals surface area (Å²) in [5.41, 5.74) is 2.42. The molecule has 2 amide bonds. The number of hydrogen-bond donors (Lipinski definition) is 0. The predicted molar refractivity (Wildman–Crippen MR) is 142 cm³/mol. The van der Waals surface area contributed by atoms with E-state index in [1.165, 1.54) is 0 Å². The number of hydrogen-bond acceptors (Lipinski definition) is 5. The molecule has 0 bridgehead atoms. The average Bonchev–Trinajstić information content (AvgIpc) is 3.36. The predicted octanol–water partition coefficient (Wildman–Crippen LogP) is 4.69. The molecule has 7 heteroatoms. The van der Waals surface area contributed by atoms with Crippen molar-refractivity contribution in [3.8, 4) is 11.5 Å². The Kier molecular flexibility index (Phi) is 6.89. The Morgan fingerprint density at radius 2 is 1.22 bits per heavy atom. The average molecular weight is 501 g/mol. The van der Waals surface area contributed by atoms with Crippen LogP contribution >= 0.6 is 0 Å². The second-order valence-corrected chi connectivity index (χ2v) is 9.78. The molecule has 2 saturated heterocycles. The van der Waals surface area contributed by atoms with Gasteiger partial charge in [-0.15, -0.1) is 0 Å². The Labute approximate surface area is 217 Å². The van der Waals surface area contributed by atoms with Gasteiger partial charge in [0.15, 0.2) is 6.10 Å². The van der Waals surface area contributed by atoms with Crippen molar-refractivity contribution in [2.75, 3.05) is 24.0 Å². The van der Waals surface area contributed by atoms with Crippen LogP contribution in [-0.2, 0) is 20.9 Å². The summed E-state index contributed by atoms with van der Waals surface area (Å²) in [4.78, 5) is 31.6. The number of rotatable bonds is 8. The van der Waals surface area contributed by atoms with Crippen molar-refractivity contribution in [1.29, 1.82) is 0 Å². The van der Waals surface area contributed by atoms with Gasteiger partial charge in [0.2, 0.25) is 5.91 Å². The van der Waals surface area contributed by atoms with Crippen molar-refractivity contribution in [2.24, 2.45) is 11.8 Å².